The predicted octanol–water partition coefficient (Wildman–Crippen LogP) is 1.10. The number of amides is 1. The Morgan fingerprint density at radius 2 is 2.17 bits per heavy atom. The van der Waals surface area contributed by atoms with Crippen LogP contribution in [0.5, 0.6) is 0 Å². The molecule has 0 saturated carbocycles. The second kappa shape index (κ2) is 7.59. The van der Waals surface area contributed by atoms with E-state index in [9.17, 15) is 4.79 Å². The first-order valence-electron chi connectivity index (χ1n) is 8.51. The van der Waals surface area contributed by atoms with E-state index in [-0.39, 0.29) is 5.92 Å². The number of piperidine rings is 1. The summed E-state index contributed by atoms with van der Waals surface area (Å²) in [6, 6.07) is 0. The largest absolute Gasteiger partial charge is 0.375 e. The van der Waals surface area contributed by atoms with Crippen LogP contribution in [0.3, 0.4) is 0 Å². The molecule has 2 saturated heterocycles. The summed E-state index contributed by atoms with van der Waals surface area (Å²) in [4.78, 5) is 24.9. The maximum Gasteiger partial charge on any atom is 0.227 e. The summed E-state index contributed by atoms with van der Waals surface area (Å²) in [5.41, 5.74) is 5.70. The first-order valence-corrected chi connectivity index (χ1v) is 9.33. The van der Waals surface area contributed by atoms with Crippen molar-refractivity contribution in [1.82, 2.24) is 19.7 Å². The molecule has 3 rings (SSSR count). The number of thiazole rings is 1. The minimum atomic E-state index is 0.196. The number of carbonyl (C=O) groups excluding carboxylic acids is 1. The number of nitrogens with zero attached hydrogens (tertiary/aromatic N) is 4. The molecule has 0 aromatic carbocycles. The van der Waals surface area contributed by atoms with Gasteiger partial charge in [-0.05, 0) is 32.9 Å². The highest BCUT2D eigenvalue weighted by Gasteiger charge is 2.29. The Morgan fingerprint density at radius 3 is 2.91 bits per heavy atom. The molecule has 2 aliphatic rings. The molecule has 1 atom stereocenters. The monoisotopic (exact) mass is 337 g/mol. The van der Waals surface area contributed by atoms with Gasteiger partial charge < -0.3 is 15.5 Å². The van der Waals surface area contributed by atoms with Gasteiger partial charge in [-0.15, -0.1) is 11.3 Å². The Morgan fingerprint density at radius 1 is 1.30 bits per heavy atom. The van der Waals surface area contributed by atoms with Crippen molar-refractivity contribution in [1.29, 1.82) is 0 Å². The summed E-state index contributed by atoms with van der Waals surface area (Å²) in [5, 5.41) is 0.632. The SMILES string of the molecule is CN1CCCC(C(=O)N2CCCN(Cc3cnc(N)s3)CC2)C1. The Bertz CT molecular complexity index is 534. The maximum absolute atomic E-state index is 12.8. The summed E-state index contributed by atoms with van der Waals surface area (Å²) in [7, 11) is 2.12. The molecule has 2 aliphatic heterocycles. The molecular weight excluding hydrogens is 310 g/mol. The molecule has 6 nitrogen and oxygen atoms in total. The summed E-state index contributed by atoms with van der Waals surface area (Å²) < 4.78 is 0. The Balaban J connectivity index is 1.52. The zero-order chi connectivity index (χ0) is 16.2. The second-order valence-electron chi connectivity index (χ2n) is 6.72. The number of nitrogen functional groups attached to an aromatic ring is 1. The molecule has 128 valence electrons. The molecule has 0 aliphatic carbocycles. The third kappa shape index (κ3) is 4.43. The Kier molecular flexibility index (Phi) is 5.50. The molecule has 1 aromatic heterocycles. The number of aromatic nitrogens is 1. The van der Waals surface area contributed by atoms with E-state index >= 15 is 0 Å². The minimum absolute atomic E-state index is 0.196. The molecule has 1 amide bonds. The smallest absolute Gasteiger partial charge is 0.227 e. The van der Waals surface area contributed by atoms with E-state index < -0.39 is 0 Å². The number of rotatable bonds is 3. The van der Waals surface area contributed by atoms with E-state index in [1.807, 2.05) is 6.20 Å². The number of likely N-dealkylation sites (tertiary alicyclic amines) is 1. The zero-order valence-corrected chi connectivity index (χ0v) is 14.7. The van der Waals surface area contributed by atoms with Crippen LogP contribution in [0, 0.1) is 5.92 Å². The quantitative estimate of drug-likeness (QED) is 0.895. The van der Waals surface area contributed by atoms with Crippen LogP contribution in [0.15, 0.2) is 6.20 Å². The van der Waals surface area contributed by atoms with Gasteiger partial charge in [0, 0.05) is 50.3 Å². The van der Waals surface area contributed by atoms with Crippen molar-refractivity contribution >= 4 is 22.4 Å². The van der Waals surface area contributed by atoms with Gasteiger partial charge in [-0.2, -0.15) is 0 Å². The van der Waals surface area contributed by atoms with Crippen LogP contribution in [0.25, 0.3) is 0 Å². The fraction of sp³-hybridized carbons (Fsp3) is 0.750. The molecule has 7 heteroatoms. The van der Waals surface area contributed by atoms with Crippen LogP contribution in [0.1, 0.15) is 24.1 Å². The van der Waals surface area contributed by atoms with Crippen molar-refractivity contribution in [3.05, 3.63) is 11.1 Å². The first kappa shape index (κ1) is 16.7. The van der Waals surface area contributed by atoms with E-state index in [2.05, 4.69) is 26.7 Å². The van der Waals surface area contributed by atoms with Crippen LogP contribution in [0.4, 0.5) is 5.13 Å². The summed E-state index contributed by atoms with van der Waals surface area (Å²) in [6.45, 7) is 6.63. The second-order valence-corrected chi connectivity index (χ2v) is 7.87. The number of anilines is 1. The number of hydrogen-bond acceptors (Lipinski definition) is 6. The number of nitrogens with two attached hydrogens (primary N) is 1. The molecular formula is C16H27N5OS. The number of carbonyl (C=O) groups is 1. The fourth-order valence-corrected chi connectivity index (χ4v) is 4.32. The minimum Gasteiger partial charge on any atom is -0.375 e. The topological polar surface area (TPSA) is 65.7 Å². The highest BCUT2D eigenvalue weighted by Crippen LogP contribution is 2.20. The molecule has 3 heterocycles. The maximum atomic E-state index is 12.8. The van der Waals surface area contributed by atoms with Gasteiger partial charge in [0.1, 0.15) is 0 Å². The van der Waals surface area contributed by atoms with Crippen molar-refractivity contribution < 1.29 is 4.79 Å². The van der Waals surface area contributed by atoms with Crippen LogP contribution in [-0.4, -0.2) is 71.9 Å². The van der Waals surface area contributed by atoms with Gasteiger partial charge in [0.15, 0.2) is 5.13 Å². The molecule has 23 heavy (non-hydrogen) atoms. The number of hydrogen-bond donors (Lipinski definition) is 1. The summed E-state index contributed by atoms with van der Waals surface area (Å²) >= 11 is 1.56. The molecule has 0 bridgehead atoms. The molecule has 0 radical (unpaired) electrons. The van der Waals surface area contributed by atoms with Gasteiger partial charge >= 0.3 is 0 Å². The van der Waals surface area contributed by atoms with Gasteiger partial charge in [-0.25, -0.2) is 4.98 Å². The third-order valence-corrected chi connectivity index (χ3v) is 5.64. The average molecular weight is 337 g/mol. The normalized spacial score (nSPS) is 24.6. The van der Waals surface area contributed by atoms with Crippen LogP contribution in [-0.2, 0) is 11.3 Å². The lowest BCUT2D eigenvalue weighted by molar-refractivity contribution is -0.137. The standard InChI is InChI=1S/C16H27N5OS/c1-19-5-2-4-13(11-19)15(22)21-7-3-6-20(8-9-21)12-14-10-18-16(17)23-14/h10,13H,2-9,11-12H2,1H3,(H2,17,18). The lowest BCUT2D eigenvalue weighted by Gasteiger charge is -2.32. The highest BCUT2D eigenvalue weighted by atomic mass is 32.1. The van der Waals surface area contributed by atoms with Crippen molar-refractivity contribution in [3.63, 3.8) is 0 Å². The van der Waals surface area contributed by atoms with Gasteiger partial charge in [0.25, 0.3) is 0 Å². The van der Waals surface area contributed by atoms with Crippen LogP contribution < -0.4 is 5.73 Å². The van der Waals surface area contributed by atoms with Crippen molar-refractivity contribution in [2.45, 2.75) is 25.8 Å². The van der Waals surface area contributed by atoms with E-state index in [1.165, 1.54) is 4.88 Å². The lowest BCUT2D eigenvalue weighted by atomic mass is 9.97. The van der Waals surface area contributed by atoms with Gasteiger partial charge in [-0.3, -0.25) is 9.69 Å². The summed E-state index contributed by atoms with van der Waals surface area (Å²) in [5.74, 6) is 0.557. The third-order valence-electron chi connectivity index (χ3n) is 4.82. The molecule has 0 spiro atoms. The van der Waals surface area contributed by atoms with Gasteiger partial charge in [0.2, 0.25) is 5.91 Å². The van der Waals surface area contributed by atoms with E-state index in [1.54, 1.807) is 11.3 Å². The molecule has 2 fully saturated rings. The highest BCUT2D eigenvalue weighted by molar-refractivity contribution is 7.15. The zero-order valence-electron chi connectivity index (χ0n) is 13.9. The van der Waals surface area contributed by atoms with E-state index in [4.69, 9.17) is 5.73 Å². The lowest BCUT2D eigenvalue weighted by Crippen LogP contribution is -2.44. The van der Waals surface area contributed by atoms with Crippen molar-refractivity contribution in [2.24, 2.45) is 5.92 Å². The Labute approximate surface area is 142 Å². The van der Waals surface area contributed by atoms with E-state index in [0.29, 0.717) is 11.0 Å². The van der Waals surface area contributed by atoms with E-state index in [0.717, 1.165) is 65.1 Å². The first-order chi connectivity index (χ1) is 11.1. The van der Waals surface area contributed by atoms with Crippen LogP contribution >= 0.6 is 11.3 Å². The van der Waals surface area contributed by atoms with Gasteiger partial charge in [-0.1, -0.05) is 0 Å². The average Bonchev–Trinajstić information content (AvgIpc) is 2.80. The Hall–Kier alpha value is -1.18. The van der Waals surface area contributed by atoms with Gasteiger partial charge in [0.05, 0.1) is 5.92 Å². The molecule has 1 aromatic rings. The summed E-state index contributed by atoms with van der Waals surface area (Å²) in [6.07, 6.45) is 5.09. The van der Waals surface area contributed by atoms with Crippen molar-refractivity contribution in [2.75, 3.05) is 52.0 Å². The van der Waals surface area contributed by atoms with Crippen molar-refractivity contribution in [3.8, 4) is 0 Å². The predicted molar refractivity (Wildman–Crippen MR) is 93.2 cm³/mol. The molecule has 2 N–H and O–H groups in total. The molecule has 1 unspecified atom stereocenters. The fourth-order valence-electron chi connectivity index (χ4n) is 3.59. The van der Waals surface area contributed by atoms with Crippen LogP contribution in [0.2, 0.25) is 0 Å².